The number of nitrogens with zero attached hydrogens (tertiary/aromatic N) is 3. The second-order valence-electron chi connectivity index (χ2n) is 5.50. The summed E-state index contributed by atoms with van der Waals surface area (Å²) in [7, 11) is -0.693. The van der Waals surface area contributed by atoms with Gasteiger partial charge < -0.3 is 14.7 Å². The minimum atomic E-state index is -3.70. The number of rotatable bonds is 6. The van der Waals surface area contributed by atoms with E-state index < -0.39 is 16.1 Å². The van der Waals surface area contributed by atoms with Crippen molar-refractivity contribution >= 4 is 15.7 Å². The van der Waals surface area contributed by atoms with Gasteiger partial charge in [-0.05, 0) is 24.6 Å². The van der Waals surface area contributed by atoms with E-state index in [2.05, 4.69) is 0 Å². The topological polar surface area (TPSA) is 93.9 Å². The lowest BCUT2D eigenvalue weighted by molar-refractivity contribution is 0.185. The average Bonchev–Trinajstić information content (AvgIpc) is 2.98. The molecule has 0 amide bonds. The second-order valence-corrected chi connectivity index (χ2v) is 7.52. The number of nitriles is 1. The third kappa shape index (κ3) is 3.82. The van der Waals surface area contributed by atoms with Crippen LogP contribution in [-0.2, 0) is 14.8 Å². The summed E-state index contributed by atoms with van der Waals surface area (Å²) in [5.41, 5.74) is 0.852. The Morgan fingerprint density at radius 1 is 1.52 bits per heavy atom. The summed E-state index contributed by atoms with van der Waals surface area (Å²) in [6.45, 7) is 1.45. The van der Waals surface area contributed by atoms with E-state index in [0.717, 1.165) is 0 Å². The molecular formula is C15H21N3O4S. The molecule has 1 aromatic rings. The zero-order chi connectivity index (χ0) is 17.0. The van der Waals surface area contributed by atoms with Crippen LogP contribution in [0.25, 0.3) is 0 Å². The molecule has 0 aromatic heterocycles. The van der Waals surface area contributed by atoms with Crippen molar-refractivity contribution < 1.29 is 18.3 Å². The van der Waals surface area contributed by atoms with E-state index in [0.29, 0.717) is 37.4 Å². The first-order valence-corrected chi connectivity index (χ1v) is 8.76. The lowest BCUT2D eigenvalue weighted by atomic mass is 10.2. The van der Waals surface area contributed by atoms with Crippen molar-refractivity contribution in [1.82, 2.24) is 4.31 Å². The molecule has 1 N–H and O–H groups in total. The van der Waals surface area contributed by atoms with E-state index >= 15 is 0 Å². The largest absolute Gasteiger partial charge is 0.391 e. The fraction of sp³-hybridized carbons (Fsp3) is 0.533. The number of β-amino-alcohol motifs (C(OH)–C–C–N with tert-alkyl or cyclic N) is 1. The van der Waals surface area contributed by atoms with Crippen LogP contribution in [0.15, 0.2) is 23.1 Å². The molecular weight excluding hydrogens is 318 g/mol. The Morgan fingerprint density at radius 2 is 2.26 bits per heavy atom. The van der Waals surface area contributed by atoms with E-state index in [4.69, 9.17) is 10.00 Å². The second kappa shape index (κ2) is 7.27. The Kier molecular flexibility index (Phi) is 5.59. The third-order valence-electron chi connectivity index (χ3n) is 3.89. The van der Waals surface area contributed by atoms with Crippen LogP contribution in [0.4, 0.5) is 5.69 Å². The molecule has 23 heavy (non-hydrogen) atoms. The molecule has 1 aromatic carbocycles. The van der Waals surface area contributed by atoms with E-state index in [1.807, 2.05) is 11.0 Å². The monoisotopic (exact) mass is 339 g/mol. The molecule has 1 heterocycles. The van der Waals surface area contributed by atoms with Crippen LogP contribution < -0.4 is 4.90 Å². The van der Waals surface area contributed by atoms with Gasteiger partial charge in [0.25, 0.3) is 0 Å². The van der Waals surface area contributed by atoms with E-state index in [9.17, 15) is 13.5 Å². The molecule has 0 bridgehead atoms. The molecule has 1 aliphatic heterocycles. The quantitative estimate of drug-likeness (QED) is 0.806. The fourth-order valence-electron chi connectivity index (χ4n) is 2.52. The Labute approximate surface area is 136 Å². The number of anilines is 1. The fourth-order valence-corrected chi connectivity index (χ4v) is 3.86. The van der Waals surface area contributed by atoms with Crippen LogP contribution in [0.3, 0.4) is 0 Å². The van der Waals surface area contributed by atoms with Crippen molar-refractivity contribution in [3.63, 3.8) is 0 Å². The molecule has 0 unspecified atom stereocenters. The van der Waals surface area contributed by atoms with Crippen molar-refractivity contribution in [2.24, 2.45) is 0 Å². The molecule has 126 valence electrons. The van der Waals surface area contributed by atoms with Gasteiger partial charge in [0.2, 0.25) is 10.0 Å². The van der Waals surface area contributed by atoms with Crippen LogP contribution in [0.2, 0.25) is 0 Å². The van der Waals surface area contributed by atoms with Gasteiger partial charge in [-0.1, -0.05) is 0 Å². The number of aliphatic hydroxyl groups excluding tert-OH is 1. The molecule has 1 aliphatic rings. The van der Waals surface area contributed by atoms with Crippen LogP contribution in [0, 0.1) is 11.3 Å². The summed E-state index contributed by atoms with van der Waals surface area (Å²) in [6, 6.07) is 6.54. The highest BCUT2D eigenvalue weighted by Crippen LogP contribution is 2.31. The maximum atomic E-state index is 12.8. The molecule has 1 saturated heterocycles. The van der Waals surface area contributed by atoms with Crippen molar-refractivity contribution in [3.8, 4) is 6.07 Å². The number of sulfonamides is 1. The maximum absolute atomic E-state index is 12.8. The average molecular weight is 339 g/mol. The number of hydrogen-bond donors (Lipinski definition) is 1. The number of ether oxygens (including phenoxy) is 1. The number of likely N-dealkylation sites (N-methyl/N-ethyl adjacent to an activating group) is 1. The summed E-state index contributed by atoms with van der Waals surface area (Å²) in [5, 5.41) is 18.8. The van der Waals surface area contributed by atoms with Gasteiger partial charge in [0.15, 0.2) is 0 Å². The molecule has 0 saturated carbocycles. The standard InChI is InChI=1S/C15H21N3O4S/c1-17(7-8-22-2)23(20,21)15-4-3-12(10-16)9-14(15)18-6-5-13(19)11-18/h3-4,9,13,19H,5-8,11H2,1-2H3/t13-/m0/s1. The Hall–Kier alpha value is -1.66. The van der Waals surface area contributed by atoms with Crippen molar-refractivity contribution in [1.29, 1.82) is 5.26 Å². The van der Waals surface area contributed by atoms with Gasteiger partial charge in [-0.25, -0.2) is 8.42 Å². The molecule has 0 radical (unpaired) electrons. The maximum Gasteiger partial charge on any atom is 0.244 e. The highest BCUT2D eigenvalue weighted by molar-refractivity contribution is 7.89. The normalized spacial score (nSPS) is 18.4. The van der Waals surface area contributed by atoms with Gasteiger partial charge in [-0.2, -0.15) is 9.57 Å². The molecule has 8 heteroatoms. The summed E-state index contributed by atoms with van der Waals surface area (Å²) in [6.07, 6.45) is 0.0954. The summed E-state index contributed by atoms with van der Waals surface area (Å²) >= 11 is 0. The summed E-state index contributed by atoms with van der Waals surface area (Å²) in [5.74, 6) is 0. The predicted octanol–water partition coefficient (Wildman–Crippen LogP) is 0.396. The summed E-state index contributed by atoms with van der Waals surface area (Å²) < 4.78 is 31.8. The minimum Gasteiger partial charge on any atom is -0.391 e. The Morgan fingerprint density at radius 3 is 2.83 bits per heavy atom. The lowest BCUT2D eigenvalue weighted by Gasteiger charge is -2.24. The van der Waals surface area contributed by atoms with Gasteiger partial charge in [-0.15, -0.1) is 0 Å². The van der Waals surface area contributed by atoms with Gasteiger partial charge in [0, 0.05) is 33.8 Å². The smallest absolute Gasteiger partial charge is 0.244 e. The van der Waals surface area contributed by atoms with Crippen molar-refractivity contribution in [2.45, 2.75) is 17.4 Å². The van der Waals surface area contributed by atoms with Gasteiger partial charge >= 0.3 is 0 Å². The Balaban J connectivity index is 2.43. The molecule has 1 fully saturated rings. The van der Waals surface area contributed by atoms with E-state index in [1.54, 1.807) is 6.07 Å². The van der Waals surface area contributed by atoms with Gasteiger partial charge in [0.1, 0.15) is 4.90 Å². The minimum absolute atomic E-state index is 0.143. The lowest BCUT2D eigenvalue weighted by Crippen LogP contribution is -2.32. The van der Waals surface area contributed by atoms with Crippen LogP contribution in [0.5, 0.6) is 0 Å². The van der Waals surface area contributed by atoms with Crippen molar-refractivity contribution in [2.75, 3.05) is 45.3 Å². The van der Waals surface area contributed by atoms with Crippen LogP contribution >= 0.6 is 0 Å². The number of hydrogen-bond acceptors (Lipinski definition) is 6. The van der Waals surface area contributed by atoms with Gasteiger partial charge in [-0.3, -0.25) is 0 Å². The Bertz CT molecular complexity index is 699. The van der Waals surface area contributed by atoms with E-state index in [-0.39, 0.29) is 11.4 Å². The zero-order valence-corrected chi connectivity index (χ0v) is 14.1. The van der Waals surface area contributed by atoms with Crippen LogP contribution in [-0.4, -0.2) is 64.3 Å². The SMILES string of the molecule is COCCN(C)S(=O)(=O)c1ccc(C#N)cc1N1CC[C@H](O)C1. The first-order valence-electron chi connectivity index (χ1n) is 7.32. The van der Waals surface area contributed by atoms with E-state index in [1.165, 1.54) is 30.6 Å². The zero-order valence-electron chi connectivity index (χ0n) is 13.3. The highest BCUT2D eigenvalue weighted by Gasteiger charge is 2.29. The van der Waals surface area contributed by atoms with Gasteiger partial charge in [0.05, 0.1) is 30.0 Å². The third-order valence-corrected chi connectivity index (χ3v) is 5.79. The van der Waals surface area contributed by atoms with Crippen LogP contribution in [0.1, 0.15) is 12.0 Å². The van der Waals surface area contributed by atoms with Crippen molar-refractivity contribution in [3.05, 3.63) is 23.8 Å². The first-order chi connectivity index (χ1) is 10.9. The number of methoxy groups -OCH3 is 1. The number of aliphatic hydroxyl groups is 1. The molecule has 7 nitrogen and oxygen atoms in total. The molecule has 0 aliphatic carbocycles. The highest BCUT2D eigenvalue weighted by atomic mass is 32.2. The first kappa shape index (κ1) is 17.7. The molecule has 0 spiro atoms. The summed E-state index contributed by atoms with van der Waals surface area (Å²) in [4.78, 5) is 1.95. The molecule has 1 atom stereocenters. The number of benzene rings is 1. The molecule has 2 rings (SSSR count). The predicted molar refractivity (Wildman–Crippen MR) is 85.7 cm³/mol.